The summed E-state index contributed by atoms with van der Waals surface area (Å²) < 4.78 is 0. The van der Waals surface area contributed by atoms with Crippen LogP contribution in [-0.2, 0) is 0 Å². The van der Waals surface area contributed by atoms with Crippen molar-refractivity contribution in [3.05, 3.63) is 0 Å². The van der Waals surface area contributed by atoms with Crippen LogP contribution in [0.4, 0.5) is 0 Å². The van der Waals surface area contributed by atoms with E-state index in [9.17, 15) is 0 Å². The third kappa shape index (κ3) is 2.20. The van der Waals surface area contributed by atoms with E-state index in [-0.39, 0.29) is 0 Å². The predicted octanol–water partition coefficient (Wildman–Crippen LogP) is 1.45. The molecule has 72 valence electrons. The summed E-state index contributed by atoms with van der Waals surface area (Å²) in [5, 5.41) is 0. The highest BCUT2D eigenvalue weighted by molar-refractivity contribution is 4.86. The summed E-state index contributed by atoms with van der Waals surface area (Å²) in [6.07, 6.45) is 3.80. The molecule has 0 aliphatic heterocycles. The van der Waals surface area contributed by atoms with Gasteiger partial charge in [0, 0.05) is 12.1 Å². The van der Waals surface area contributed by atoms with Crippen molar-refractivity contribution >= 4 is 0 Å². The van der Waals surface area contributed by atoms with Crippen LogP contribution in [-0.4, -0.2) is 30.6 Å². The van der Waals surface area contributed by atoms with E-state index in [0.717, 1.165) is 12.5 Å². The largest absolute Gasteiger partial charge is 0.326 e. The molecular weight excluding hydrogens is 148 g/mol. The van der Waals surface area contributed by atoms with Gasteiger partial charge in [0.05, 0.1) is 0 Å². The van der Waals surface area contributed by atoms with Crippen molar-refractivity contribution in [2.24, 2.45) is 11.7 Å². The highest BCUT2D eigenvalue weighted by Crippen LogP contribution is 2.25. The molecule has 1 aliphatic carbocycles. The first-order valence-electron chi connectivity index (χ1n) is 5.11. The number of nitrogens with zero attached hydrogens (tertiary/aromatic N) is 1. The van der Waals surface area contributed by atoms with Gasteiger partial charge in [0.15, 0.2) is 0 Å². The zero-order valence-corrected chi connectivity index (χ0v) is 8.59. The van der Waals surface area contributed by atoms with E-state index >= 15 is 0 Å². The van der Waals surface area contributed by atoms with Crippen LogP contribution in [0.25, 0.3) is 0 Å². The average Bonchev–Trinajstić information content (AvgIpc) is 2.08. The van der Waals surface area contributed by atoms with E-state index in [4.69, 9.17) is 5.73 Å². The van der Waals surface area contributed by atoms with Gasteiger partial charge in [0.25, 0.3) is 0 Å². The Hall–Kier alpha value is -0.0800. The molecule has 0 aromatic carbocycles. The standard InChI is InChI=1S/C10H22N2/c1-4-12(3)10-7-8(2)5-6-9(10)11/h8-10H,4-7,11H2,1-3H3. The Morgan fingerprint density at radius 3 is 2.67 bits per heavy atom. The average molecular weight is 170 g/mol. The van der Waals surface area contributed by atoms with Gasteiger partial charge in [-0.05, 0) is 38.8 Å². The molecule has 0 spiro atoms. The molecule has 3 atom stereocenters. The fourth-order valence-electron chi connectivity index (χ4n) is 2.12. The Balaban J connectivity index is 2.48. The van der Waals surface area contributed by atoms with Gasteiger partial charge < -0.3 is 10.6 Å². The molecule has 0 heterocycles. The van der Waals surface area contributed by atoms with Crippen LogP contribution in [0.2, 0.25) is 0 Å². The van der Waals surface area contributed by atoms with Gasteiger partial charge in [0.2, 0.25) is 0 Å². The van der Waals surface area contributed by atoms with E-state index < -0.39 is 0 Å². The van der Waals surface area contributed by atoms with Crippen molar-refractivity contribution < 1.29 is 0 Å². The van der Waals surface area contributed by atoms with Crippen LogP contribution >= 0.6 is 0 Å². The molecule has 0 radical (unpaired) electrons. The van der Waals surface area contributed by atoms with Gasteiger partial charge in [-0.1, -0.05) is 13.8 Å². The summed E-state index contributed by atoms with van der Waals surface area (Å²) >= 11 is 0. The monoisotopic (exact) mass is 170 g/mol. The van der Waals surface area contributed by atoms with Crippen LogP contribution in [0.5, 0.6) is 0 Å². The number of hydrogen-bond acceptors (Lipinski definition) is 2. The lowest BCUT2D eigenvalue weighted by atomic mass is 9.83. The number of likely N-dealkylation sites (N-methyl/N-ethyl adjacent to an activating group) is 1. The molecule has 2 N–H and O–H groups in total. The first-order valence-corrected chi connectivity index (χ1v) is 5.11. The summed E-state index contributed by atoms with van der Waals surface area (Å²) in [7, 11) is 2.18. The smallest absolute Gasteiger partial charge is 0.0246 e. The van der Waals surface area contributed by atoms with Crippen molar-refractivity contribution in [2.45, 2.75) is 45.2 Å². The van der Waals surface area contributed by atoms with Crippen molar-refractivity contribution in [3.63, 3.8) is 0 Å². The molecule has 1 saturated carbocycles. The quantitative estimate of drug-likeness (QED) is 0.679. The van der Waals surface area contributed by atoms with Crippen molar-refractivity contribution in [1.29, 1.82) is 0 Å². The minimum atomic E-state index is 0.408. The van der Waals surface area contributed by atoms with Crippen LogP contribution in [0.3, 0.4) is 0 Å². The molecule has 0 saturated heterocycles. The van der Waals surface area contributed by atoms with Gasteiger partial charge in [-0.25, -0.2) is 0 Å². The number of rotatable bonds is 2. The van der Waals surface area contributed by atoms with Crippen molar-refractivity contribution in [3.8, 4) is 0 Å². The molecule has 0 aromatic heterocycles. The highest BCUT2D eigenvalue weighted by atomic mass is 15.1. The van der Waals surface area contributed by atoms with Crippen molar-refractivity contribution in [1.82, 2.24) is 4.90 Å². The molecule has 1 fully saturated rings. The van der Waals surface area contributed by atoms with Gasteiger partial charge in [-0.2, -0.15) is 0 Å². The lowest BCUT2D eigenvalue weighted by molar-refractivity contribution is 0.148. The van der Waals surface area contributed by atoms with Gasteiger partial charge in [-0.3, -0.25) is 0 Å². The second kappa shape index (κ2) is 4.24. The third-order valence-corrected chi connectivity index (χ3v) is 3.20. The van der Waals surface area contributed by atoms with Gasteiger partial charge in [-0.15, -0.1) is 0 Å². The van der Waals surface area contributed by atoms with Crippen molar-refractivity contribution in [2.75, 3.05) is 13.6 Å². The lowest BCUT2D eigenvalue weighted by Crippen LogP contribution is -2.49. The Kier molecular flexibility index (Phi) is 3.53. The fourth-order valence-corrected chi connectivity index (χ4v) is 2.12. The summed E-state index contributed by atoms with van der Waals surface area (Å²) in [6, 6.07) is 1.03. The van der Waals surface area contributed by atoms with Crippen LogP contribution in [0, 0.1) is 5.92 Å². The Bertz CT molecular complexity index is 132. The van der Waals surface area contributed by atoms with Crippen LogP contribution in [0.1, 0.15) is 33.1 Å². The maximum absolute atomic E-state index is 6.08. The molecule has 0 amide bonds. The van der Waals surface area contributed by atoms with E-state index in [1.807, 2.05) is 0 Å². The second-order valence-electron chi connectivity index (χ2n) is 4.22. The molecule has 2 nitrogen and oxygen atoms in total. The molecular formula is C10H22N2. The molecule has 1 rings (SSSR count). The zero-order valence-electron chi connectivity index (χ0n) is 8.59. The summed E-state index contributed by atoms with van der Waals surface area (Å²) in [4.78, 5) is 2.39. The fraction of sp³-hybridized carbons (Fsp3) is 1.00. The Labute approximate surface area is 76.1 Å². The van der Waals surface area contributed by atoms with Gasteiger partial charge >= 0.3 is 0 Å². The summed E-state index contributed by atoms with van der Waals surface area (Å²) in [5.41, 5.74) is 6.08. The minimum absolute atomic E-state index is 0.408. The molecule has 2 heteroatoms. The normalized spacial score (nSPS) is 37.2. The number of hydrogen-bond donors (Lipinski definition) is 1. The van der Waals surface area contributed by atoms with Crippen LogP contribution in [0.15, 0.2) is 0 Å². The zero-order chi connectivity index (χ0) is 9.14. The first-order chi connectivity index (χ1) is 5.65. The third-order valence-electron chi connectivity index (χ3n) is 3.20. The first kappa shape index (κ1) is 10.0. The van der Waals surface area contributed by atoms with Crippen LogP contribution < -0.4 is 5.73 Å². The summed E-state index contributed by atoms with van der Waals surface area (Å²) in [5.74, 6) is 0.865. The molecule has 1 aliphatic rings. The maximum atomic E-state index is 6.08. The topological polar surface area (TPSA) is 29.3 Å². The molecule has 0 aromatic rings. The maximum Gasteiger partial charge on any atom is 0.0246 e. The predicted molar refractivity (Wildman–Crippen MR) is 53.1 cm³/mol. The minimum Gasteiger partial charge on any atom is -0.326 e. The number of nitrogens with two attached hydrogens (primary N) is 1. The van der Waals surface area contributed by atoms with E-state index in [1.54, 1.807) is 0 Å². The van der Waals surface area contributed by atoms with E-state index in [0.29, 0.717) is 12.1 Å². The Morgan fingerprint density at radius 2 is 2.08 bits per heavy atom. The van der Waals surface area contributed by atoms with Gasteiger partial charge in [0.1, 0.15) is 0 Å². The Morgan fingerprint density at radius 1 is 1.42 bits per heavy atom. The molecule has 3 unspecified atom stereocenters. The van der Waals surface area contributed by atoms with E-state index in [1.165, 1.54) is 19.3 Å². The lowest BCUT2D eigenvalue weighted by Gasteiger charge is -2.38. The molecule has 12 heavy (non-hydrogen) atoms. The highest BCUT2D eigenvalue weighted by Gasteiger charge is 2.27. The van der Waals surface area contributed by atoms with E-state index in [2.05, 4.69) is 25.8 Å². The SMILES string of the molecule is CCN(C)C1CC(C)CCC1N. The summed E-state index contributed by atoms with van der Waals surface area (Å²) in [6.45, 7) is 5.65. The molecule has 0 bridgehead atoms. The second-order valence-corrected chi connectivity index (χ2v) is 4.22.